The lowest BCUT2D eigenvalue weighted by atomic mass is 10.1. The van der Waals surface area contributed by atoms with E-state index in [1.807, 2.05) is 0 Å². The average molecular weight is 277 g/mol. The molecule has 0 saturated heterocycles. The summed E-state index contributed by atoms with van der Waals surface area (Å²) >= 11 is 0. The van der Waals surface area contributed by atoms with Gasteiger partial charge in [0.05, 0.1) is 20.8 Å². The van der Waals surface area contributed by atoms with Gasteiger partial charge < -0.3 is 15.2 Å². The molecular formula is C12H19NO4S. The summed E-state index contributed by atoms with van der Waals surface area (Å²) in [6.45, 7) is 2.09. The second kappa shape index (κ2) is 6.06. The average Bonchev–Trinajstić information content (AvgIpc) is 2.36. The number of sulfone groups is 1. The van der Waals surface area contributed by atoms with Crippen LogP contribution in [0.4, 0.5) is 0 Å². The molecule has 0 heterocycles. The van der Waals surface area contributed by atoms with Crippen LogP contribution in [0, 0.1) is 0 Å². The largest absolute Gasteiger partial charge is 0.493 e. The Labute approximate surface area is 113 Å². The molecule has 2 N–H and O–H groups in total. The van der Waals surface area contributed by atoms with Gasteiger partial charge in [-0.3, -0.25) is 0 Å². The number of ether oxygens (including phenoxy) is 2. The zero-order chi connectivity index (χ0) is 17.2. The Balaban J connectivity index is 3.20. The second-order valence-electron chi connectivity index (χ2n) is 3.58. The van der Waals surface area contributed by atoms with Crippen LogP contribution in [0.25, 0.3) is 0 Å². The number of rotatable bonds is 6. The van der Waals surface area contributed by atoms with Gasteiger partial charge in [-0.1, -0.05) is 6.07 Å². The first-order valence-electron chi connectivity index (χ1n) is 7.27. The fraction of sp³-hybridized carbons (Fsp3) is 0.500. The van der Waals surface area contributed by atoms with Crippen LogP contribution >= 0.6 is 0 Å². The third-order valence-electron chi connectivity index (χ3n) is 2.18. The molecule has 5 nitrogen and oxygen atoms in total. The quantitative estimate of drug-likeness (QED) is 0.843. The standard InChI is InChI=1S/C12H19NO4S/c1-4-17-12-7-9(5-6-11(12)16-2)10(13)8-18(3,14)15/h5-7,10H,4,8,13H2,1-3H3/t10-/m1/s1/i3D3,10D. The maximum atomic E-state index is 11.8. The van der Waals surface area contributed by atoms with Crippen molar-refractivity contribution in [1.29, 1.82) is 0 Å². The van der Waals surface area contributed by atoms with Crippen molar-refractivity contribution in [1.82, 2.24) is 0 Å². The molecule has 6 heteroatoms. The molecule has 0 aromatic heterocycles. The van der Waals surface area contributed by atoms with Crippen molar-refractivity contribution in [2.75, 3.05) is 25.7 Å². The lowest BCUT2D eigenvalue weighted by Gasteiger charge is -2.15. The van der Waals surface area contributed by atoms with E-state index in [1.165, 1.54) is 25.3 Å². The van der Waals surface area contributed by atoms with Crippen molar-refractivity contribution in [2.24, 2.45) is 5.73 Å². The third kappa shape index (κ3) is 4.19. The van der Waals surface area contributed by atoms with Gasteiger partial charge >= 0.3 is 0 Å². The predicted molar refractivity (Wildman–Crippen MR) is 70.8 cm³/mol. The summed E-state index contributed by atoms with van der Waals surface area (Å²) in [4.78, 5) is 0. The Morgan fingerprint density at radius 1 is 1.50 bits per heavy atom. The Morgan fingerprint density at radius 3 is 2.78 bits per heavy atom. The Hall–Kier alpha value is -1.27. The van der Waals surface area contributed by atoms with Crippen molar-refractivity contribution in [3.8, 4) is 11.5 Å². The van der Waals surface area contributed by atoms with Gasteiger partial charge in [0.1, 0.15) is 9.84 Å². The highest BCUT2D eigenvalue weighted by molar-refractivity contribution is 7.90. The van der Waals surface area contributed by atoms with E-state index >= 15 is 0 Å². The van der Waals surface area contributed by atoms with Gasteiger partial charge in [-0.05, 0) is 24.6 Å². The number of benzene rings is 1. The summed E-state index contributed by atoms with van der Waals surface area (Å²) in [6, 6.07) is 2.15. The summed E-state index contributed by atoms with van der Waals surface area (Å²) in [5, 5.41) is 0. The van der Waals surface area contributed by atoms with Gasteiger partial charge in [0.15, 0.2) is 11.5 Å². The summed E-state index contributed by atoms with van der Waals surface area (Å²) < 4.78 is 63.0. The maximum absolute atomic E-state index is 11.8. The van der Waals surface area contributed by atoms with E-state index in [0.717, 1.165) is 0 Å². The molecule has 1 rings (SSSR count). The van der Waals surface area contributed by atoms with Crippen LogP contribution in [0.15, 0.2) is 18.2 Å². The molecular weight excluding hydrogens is 254 g/mol. The zero-order valence-corrected chi connectivity index (χ0v) is 11.1. The molecule has 1 atom stereocenters. The maximum Gasteiger partial charge on any atom is 0.161 e. The third-order valence-corrected chi connectivity index (χ3v) is 2.87. The van der Waals surface area contributed by atoms with Crippen LogP contribution in [0.3, 0.4) is 0 Å². The van der Waals surface area contributed by atoms with Crippen LogP contribution < -0.4 is 15.2 Å². The van der Waals surface area contributed by atoms with E-state index in [1.54, 1.807) is 6.92 Å². The molecule has 0 spiro atoms. The Morgan fingerprint density at radius 2 is 2.22 bits per heavy atom. The topological polar surface area (TPSA) is 78.6 Å². The molecule has 0 bridgehead atoms. The highest BCUT2D eigenvalue weighted by Crippen LogP contribution is 2.30. The minimum Gasteiger partial charge on any atom is -0.493 e. The minimum atomic E-state index is -4.53. The number of hydrogen-bond acceptors (Lipinski definition) is 5. The molecule has 18 heavy (non-hydrogen) atoms. The van der Waals surface area contributed by atoms with Crippen molar-refractivity contribution in [2.45, 2.75) is 12.9 Å². The van der Waals surface area contributed by atoms with E-state index in [2.05, 4.69) is 0 Å². The monoisotopic (exact) mass is 277 g/mol. The first-order valence-corrected chi connectivity index (χ1v) is 6.92. The predicted octanol–water partition coefficient (Wildman–Crippen LogP) is 1.14. The van der Waals surface area contributed by atoms with E-state index in [4.69, 9.17) is 20.7 Å². The van der Waals surface area contributed by atoms with Crippen molar-refractivity contribution in [3.63, 3.8) is 0 Å². The van der Waals surface area contributed by atoms with E-state index < -0.39 is 27.8 Å². The summed E-state index contributed by atoms with van der Waals surface area (Å²) in [6.07, 6.45) is -3.21. The molecule has 1 aromatic carbocycles. The van der Waals surface area contributed by atoms with E-state index in [-0.39, 0.29) is 5.56 Å². The Bertz CT molecular complexity index is 629. The smallest absolute Gasteiger partial charge is 0.161 e. The molecule has 0 radical (unpaired) electrons. The molecule has 0 aliphatic heterocycles. The molecule has 1 aromatic rings. The second-order valence-corrected chi connectivity index (χ2v) is 5.10. The summed E-state index contributed by atoms with van der Waals surface area (Å²) in [7, 11) is -3.09. The SMILES string of the molecule is [2H]C([2H])([2H])S(=O)(=O)C[C@@]([2H])(N)c1ccc(OC)c(OCC)c1. The van der Waals surface area contributed by atoms with Crippen LogP contribution in [-0.2, 0) is 9.84 Å². The van der Waals surface area contributed by atoms with Gasteiger partial charge in [-0.15, -0.1) is 0 Å². The molecule has 0 amide bonds. The van der Waals surface area contributed by atoms with Crippen molar-refractivity contribution in [3.05, 3.63) is 23.8 Å². The van der Waals surface area contributed by atoms with Crippen LogP contribution in [0.1, 0.15) is 24.0 Å². The van der Waals surface area contributed by atoms with Crippen LogP contribution in [-0.4, -0.2) is 34.1 Å². The molecule has 102 valence electrons. The zero-order valence-electron chi connectivity index (χ0n) is 14.3. The Kier molecular flexibility index (Phi) is 3.24. The minimum absolute atomic E-state index is 0.115. The van der Waals surface area contributed by atoms with Gasteiger partial charge in [0.25, 0.3) is 0 Å². The van der Waals surface area contributed by atoms with Gasteiger partial charge in [-0.2, -0.15) is 0 Å². The normalized spacial score (nSPS) is 18.8. The van der Waals surface area contributed by atoms with Crippen LogP contribution in [0.5, 0.6) is 11.5 Å². The summed E-state index contributed by atoms with van der Waals surface area (Å²) in [5.74, 6) is -0.329. The van der Waals surface area contributed by atoms with E-state index in [9.17, 15) is 8.42 Å². The van der Waals surface area contributed by atoms with Crippen molar-refractivity contribution >= 4 is 9.84 Å². The number of hydrogen-bond donors (Lipinski definition) is 1. The molecule has 0 saturated carbocycles. The fourth-order valence-electron chi connectivity index (χ4n) is 1.43. The van der Waals surface area contributed by atoms with Gasteiger partial charge in [0.2, 0.25) is 0 Å². The number of methoxy groups -OCH3 is 1. The molecule has 0 fully saturated rings. The lowest BCUT2D eigenvalue weighted by molar-refractivity contribution is 0.310. The highest BCUT2D eigenvalue weighted by Gasteiger charge is 2.15. The first kappa shape index (κ1) is 9.63. The molecule has 0 aliphatic carbocycles. The molecule has 0 unspecified atom stereocenters. The van der Waals surface area contributed by atoms with Gasteiger partial charge in [-0.25, -0.2) is 8.42 Å². The lowest BCUT2D eigenvalue weighted by Crippen LogP contribution is -2.20. The first-order chi connectivity index (χ1) is 9.94. The number of nitrogens with two attached hydrogens (primary N) is 1. The molecule has 0 aliphatic rings. The van der Waals surface area contributed by atoms with Gasteiger partial charge in [0, 0.05) is 16.3 Å². The highest BCUT2D eigenvalue weighted by atomic mass is 32.2. The summed E-state index contributed by atoms with van der Waals surface area (Å²) in [5.41, 5.74) is 5.83. The fourth-order valence-corrected chi connectivity index (χ4v) is 2.01. The van der Waals surface area contributed by atoms with Crippen molar-refractivity contribution < 1.29 is 23.4 Å². The van der Waals surface area contributed by atoms with E-state index in [0.29, 0.717) is 18.1 Å². The van der Waals surface area contributed by atoms with Crippen LogP contribution in [0.2, 0.25) is 0 Å².